The lowest BCUT2D eigenvalue weighted by atomic mass is 9.76. The zero-order valence-corrected chi connectivity index (χ0v) is 18.2. The minimum Gasteiger partial charge on any atom is -0.429 e. The first kappa shape index (κ1) is 24.8. The minimum absolute atomic E-state index is 0.116. The van der Waals surface area contributed by atoms with Gasteiger partial charge < -0.3 is 14.2 Å². The molecule has 1 saturated heterocycles. The molecule has 0 bridgehead atoms. The van der Waals surface area contributed by atoms with E-state index in [-0.39, 0.29) is 31.3 Å². The topological polar surface area (TPSA) is 27.7 Å². The lowest BCUT2D eigenvalue weighted by Gasteiger charge is -2.37. The maximum absolute atomic E-state index is 14.7. The Hall–Kier alpha value is -2.33. The van der Waals surface area contributed by atoms with Crippen LogP contribution >= 0.6 is 0 Å². The third kappa shape index (κ3) is 5.02. The minimum atomic E-state index is -4.52. The number of halogens is 7. The molecule has 0 atom stereocenters. The second kappa shape index (κ2) is 9.73. The molecule has 186 valence electrons. The van der Waals surface area contributed by atoms with Gasteiger partial charge in [-0.2, -0.15) is 8.78 Å². The summed E-state index contributed by atoms with van der Waals surface area (Å²) in [5.41, 5.74) is -1.91. The Labute approximate surface area is 191 Å². The normalized spacial score (nSPS) is 25.9. The molecule has 1 aliphatic heterocycles. The van der Waals surface area contributed by atoms with Gasteiger partial charge in [0.05, 0.1) is 13.2 Å². The predicted molar refractivity (Wildman–Crippen MR) is 106 cm³/mol. The Morgan fingerprint density at radius 3 is 1.97 bits per heavy atom. The molecule has 0 aromatic heterocycles. The molecule has 0 spiro atoms. The molecule has 2 aromatic rings. The molecule has 2 aromatic carbocycles. The molecular weight excluding hydrogens is 469 g/mol. The van der Waals surface area contributed by atoms with Gasteiger partial charge >= 0.3 is 6.11 Å². The fourth-order valence-electron chi connectivity index (χ4n) is 4.49. The van der Waals surface area contributed by atoms with Crippen LogP contribution in [0.3, 0.4) is 0 Å². The summed E-state index contributed by atoms with van der Waals surface area (Å²) in [5.74, 6) is -8.89. The van der Waals surface area contributed by atoms with E-state index < -0.39 is 58.4 Å². The highest BCUT2D eigenvalue weighted by Crippen LogP contribution is 2.40. The number of hydrogen-bond acceptors (Lipinski definition) is 3. The van der Waals surface area contributed by atoms with Crippen molar-refractivity contribution in [3.63, 3.8) is 0 Å². The molecule has 1 saturated carbocycles. The number of rotatable bonds is 5. The zero-order valence-electron chi connectivity index (χ0n) is 18.2. The number of hydrogen-bond donors (Lipinski definition) is 0. The van der Waals surface area contributed by atoms with Crippen LogP contribution in [0.15, 0.2) is 24.3 Å². The van der Waals surface area contributed by atoms with E-state index in [1.165, 1.54) is 0 Å². The zero-order chi connectivity index (χ0) is 24.6. The summed E-state index contributed by atoms with van der Waals surface area (Å²) in [4.78, 5) is 0. The summed E-state index contributed by atoms with van der Waals surface area (Å²) < 4.78 is 113. The van der Waals surface area contributed by atoms with E-state index in [2.05, 4.69) is 11.7 Å². The van der Waals surface area contributed by atoms with Gasteiger partial charge in [0.15, 0.2) is 35.4 Å². The lowest BCUT2D eigenvalue weighted by Crippen LogP contribution is -2.34. The van der Waals surface area contributed by atoms with Crippen molar-refractivity contribution >= 4 is 0 Å². The lowest BCUT2D eigenvalue weighted by molar-refractivity contribution is -0.216. The fourth-order valence-corrected chi connectivity index (χ4v) is 4.49. The Balaban J connectivity index is 1.47. The summed E-state index contributed by atoms with van der Waals surface area (Å²) in [6, 6.07) is 1.79. The maximum atomic E-state index is 14.7. The van der Waals surface area contributed by atoms with E-state index in [0.717, 1.165) is 31.7 Å². The average Bonchev–Trinajstić information content (AvgIpc) is 2.79. The molecule has 0 amide bonds. The van der Waals surface area contributed by atoms with Crippen LogP contribution in [0.5, 0.6) is 5.75 Å². The average molecular weight is 492 g/mol. The highest BCUT2D eigenvalue weighted by atomic mass is 19.3. The van der Waals surface area contributed by atoms with Gasteiger partial charge in [0, 0.05) is 23.6 Å². The molecule has 1 aliphatic carbocycles. The van der Waals surface area contributed by atoms with Crippen LogP contribution in [0.4, 0.5) is 30.7 Å². The van der Waals surface area contributed by atoms with E-state index in [0.29, 0.717) is 17.9 Å². The molecule has 10 heteroatoms. The monoisotopic (exact) mass is 492 g/mol. The second-order valence-electron chi connectivity index (χ2n) is 8.93. The molecule has 4 rings (SSSR count). The highest BCUT2D eigenvalue weighted by molar-refractivity contribution is 5.31. The summed E-state index contributed by atoms with van der Waals surface area (Å²) >= 11 is 0. The van der Waals surface area contributed by atoms with Gasteiger partial charge in [-0.25, -0.2) is 22.0 Å². The van der Waals surface area contributed by atoms with Gasteiger partial charge in [-0.05, 0) is 30.7 Å². The van der Waals surface area contributed by atoms with Gasteiger partial charge in [-0.15, -0.1) is 0 Å². The number of ether oxygens (including phenoxy) is 3. The summed E-state index contributed by atoms with van der Waals surface area (Å²) in [7, 11) is 0. The van der Waals surface area contributed by atoms with Crippen molar-refractivity contribution in [1.29, 1.82) is 0 Å². The van der Waals surface area contributed by atoms with Crippen LogP contribution in [0.2, 0.25) is 0 Å². The van der Waals surface area contributed by atoms with Crippen LogP contribution in [0, 0.1) is 46.8 Å². The van der Waals surface area contributed by atoms with Crippen LogP contribution < -0.4 is 4.74 Å². The summed E-state index contributed by atoms with van der Waals surface area (Å²) in [5, 5.41) is 0. The van der Waals surface area contributed by atoms with E-state index in [1.807, 2.05) is 0 Å². The van der Waals surface area contributed by atoms with Gasteiger partial charge in [0.1, 0.15) is 11.3 Å². The molecule has 34 heavy (non-hydrogen) atoms. The molecule has 0 N–H and O–H groups in total. The van der Waals surface area contributed by atoms with Crippen molar-refractivity contribution in [2.24, 2.45) is 17.8 Å². The van der Waals surface area contributed by atoms with Crippen molar-refractivity contribution in [2.45, 2.75) is 45.0 Å². The van der Waals surface area contributed by atoms with Crippen LogP contribution in [-0.2, 0) is 15.6 Å². The van der Waals surface area contributed by atoms with Crippen molar-refractivity contribution in [3.05, 3.63) is 64.5 Å². The first-order valence-electron chi connectivity index (χ1n) is 11.0. The van der Waals surface area contributed by atoms with Crippen LogP contribution in [-0.4, -0.2) is 13.2 Å². The van der Waals surface area contributed by atoms with Gasteiger partial charge in [-0.1, -0.05) is 25.8 Å². The first-order chi connectivity index (χ1) is 16.1. The molecular formula is C24H23F7O3. The predicted octanol–water partition coefficient (Wildman–Crippen LogP) is 7.00. The third-order valence-electron chi connectivity index (χ3n) is 6.53. The maximum Gasteiger partial charge on any atom is 0.429 e. The molecule has 1 heterocycles. The molecule has 0 radical (unpaired) electrons. The quantitative estimate of drug-likeness (QED) is 0.332. The van der Waals surface area contributed by atoms with E-state index in [4.69, 9.17) is 9.47 Å². The fraction of sp³-hybridized carbons (Fsp3) is 0.500. The number of benzene rings is 2. The Bertz CT molecular complexity index is 1010. The SMILES string of the molecule is CC1CCC(C2COC(c3ccc(C(F)(F)Oc4cc(F)c(F)c(F)c4)c(F)c3F)OC2)CC1. The van der Waals surface area contributed by atoms with Crippen LogP contribution in [0.1, 0.15) is 50.0 Å². The Morgan fingerprint density at radius 1 is 0.794 bits per heavy atom. The van der Waals surface area contributed by atoms with Crippen molar-refractivity contribution < 1.29 is 44.9 Å². The van der Waals surface area contributed by atoms with Gasteiger partial charge in [0.25, 0.3) is 0 Å². The van der Waals surface area contributed by atoms with Crippen molar-refractivity contribution in [1.82, 2.24) is 0 Å². The Kier molecular flexibility index (Phi) is 7.09. The van der Waals surface area contributed by atoms with Crippen molar-refractivity contribution in [2.75, 3.05) is 13.2 Å². The largest absolute Gasteiger partial charge is 0.429 e. The molecule has 2 fully saturated rings. The standard InChI is InChI=1S/C24H23F7O3/c1-12-2-4-13(5-3-12)14-10-32-23(33-11-14)16-6-7-17(21(28)20(16)27)24(30,31)34-15-8-18(25)22(29)19(26)9-15/h6-9,12-14,23H,2-5,10-11H2,1H3. The first-order valence-corrected chi connectivity index (χ1v) is 11.0. The van der Waals surface area contributed by atoms with E-state index in [1.54, 1.807) is 0 Å². The smallest absolute Gasteiger partial charge is 0.429 e. The third-order valence-corrected chi connectivity index (χ3v) is 6.53. The number of alkyl halides is 2. The van der Waals surface area contributed by atoms with Gasteiger partial charge in [0.2, 0.25) is 0 Å². The van der Waals surface area contributed by atoms with Crippen LogP contribution in [0.25, 0.3) is 0 Å². The van der Waals surface area contributed by atoms with Gasteiger partial charge in [-0.3, -0.25) is 0 Å². The van der Waals surface area contributed by atoms with E-state index in [9.17, 15) is 30.7 Å². The summed E-state index contributed by atoms with van der Waals surface area (Å²) in [6.45, 7) is 2.74. The van der Waals surface area contributed by atoms with E-state index >= 15 is 0 Å². The molecule has 2 aliphatic rings. The molecule has 3 nitrogen and oxygen atoms in total. The Morgan fingerprint density at radius 2 is 1.38 bits per heavy atom. The summed E-state index contributed by atoms with van der Waals surface area (Å²) in [6.07, 6.45) is -1.48. The second-order valence-corrected chi connectivity index (χ2v) is 8.93. The molecule has 0 unspecified atom stereocenters. The van der Waals surface area contributed by atoms with Crippen molar-refractivity contribution in [3.8, 4) is 5.75 Å². The highest BCUT2D eigenvalue weighted by Gasteiger charge is 2.41.